The van der Waals surface area contributed by atoms with Crippen molar-refractivity contribution in [2.24, 2.45) is 7.05 Å². The third kappa shape index (κ3) is 7.05. The zero-order valence-corrected chi connectivity index (χ0v) is 18.4. The Morgan fingerprint density at radius 3 is 2.50 bits per heavy atom. The Morgan fingerprint density at radius 1 is 1.19 bits per heavy atom. The van der Waals surface area contributed by atoms with Gasteiger partial charge in [-0.2, -0.15) is 4.98 Å². The summed E-state index contributed by atoms with van der Waals surface area (Å²) >= 11 is 0. The predicted molar refractivity (Wildman–Crippen MR) is 115 cm³/mol. The number of nitrogens with zero attached hydrogens (tertiary/aromatic N) is 5. The number of halogens is 2. The lowest BCUT2D eigenvalue weighted by Crippen LogP contribution is -2.17. The van der Waals surface area contributed by atoms with E-state index in [4.69, 9.17) is 9.47 Å². The quantitative estimate of drug-likeness (QED) is 0.521. The minimum Gasteiger partial charge on any atom is -0.475 e. The van der Waals surface area contributed by atoms with E-state index in [1.807, 2.05) is 0 Å². The molecule has 1 amide bonds. The fraction of sp³-hybridized carbons (Fsp3) is 0.381. The Kier molecular flexibility index (Phi) is 9.61. The van der Waals surface area contributed by atoms with Gasteiger partial charge >= 0.3 is 0 Å². The molecular weight excluding hydrogens is 422 g/mol. The van der Waals surface area contributed by atoms with Gasteiger partial charge in [-0.1, -0.05) is 20.3 Å². The number of amides is 1. The van der Waals surface area contributed by atoms with Crippen molar-refractivity contribution in [2.75, 3.05) is 25.6 Å². The maximum absolute atomic E-state index is 12.6. The monoisotopic (exact) mass is 448 g/mol. The molecule has 0 aliphatic rings. The summed E-state index contributed by atoms with van der Waals surface area (Å²) in [5.41, 5.74) is 0.937. The third-order valence-electron chi connectivity index (χ3n) is 3.79. The molecule has 0 radical (unpaired) electrons. The van der Waals surface area contributed by atoms with Crippen LogP contribution in [0.15, 0.2) is 36.9 Å². The number of carbonyl (C=O) groups excluding carboxylic acids is 1. The van der Waals surface area contributed by atoms with Crippen molar-refractivity contribution in [1.82, 2.24) is 24.5 Å². The van der Waals surface area contributed by atoms with Crippen LogP contribution in [-0.4, -0.2) is 50.7 Å². The molecule has 3 aromatic rings. The fourth-order valence-corrected chi connectivity index (χ4v) is 2.36. The molecule has 0 aromatic carbocycles. The molecule has 0 bridgehead atoms. The zero-order chi connectivity index (χ0) is 23.5. The molecule has 3 heterocycles. The highest BCUT2D eigenvalue weighted by atomic mass is 19.3. The SMILES string of the molecule is CCC.COCCOc1cc(-c2cncn2C)nc(C(=O)Nc2ccc(C(F)F)nc2)n1. The van der Waals surface area contributed by atoms with Gasteiger partial charge in [-0.05, 0) is 12.1 Å². The normalized spacial score (nSPS) is 10.5. The Hall–Kier alpha value is -3.47. The number of hydrogen-bond acceptors (Lipinski definition) is 7. The number of rotatable bonds is 8. The number of methoxy groups -OCH3 is 1. The van der Waals surface area contributed by atoms with E-state index >= 15 is 0 Å². The largest absolute Gasteiger partial charge is 0.475 e. The Balaban J connectivity index is 0.00000114. The summed E-state index contributed by atoms with van der Waals surface area (Å²) in [6.45, 7) is 4.83. The van der Waals surface area contributed by atoms with E-state index < -0.39 is 12.3 Å². The van der Waals surface area contributed by atoms with Crippen LogP contribution in [0.25, 0.3) is 11.4 Å². The second kappa shape index (κ2) is 12.4. The van der Waals surface area contributed by atoms with Gasteiger partial charge in [-0.25, -0.2) is 18.7 Å². The molecule has 11 heteroatoms. The molecule has 1 N–H and O–H groups in total. The van der Waals surface area contributed by atoms with Gasteiger partial charge < -0.3 is 19.4 Å². The molecule has 32 heavy (non-hydrogen) atoms. The van der Waals surface area contributed by atoms with Crippen LogP contribution < -0.4 is 10.1 Å². The van der Waals surface area contributed by atoms with Crippen LogP contribution in [0.4, 0.5) is 14.5 Å². The van der Waals surface area contributed by atoms with Crippen LogP contribution in [-0.2, 0) is 11.8 Å². The highest BCUT2D eigenvalue weighted by Gasteiger charge is 2.17. The van der Waals surface area contributed by atoms with Gasteiger partial charge in [0.1, 0.15) is 12.3 Å². The number of aromatic nitrogens is 5. The molecule has 0 saturated heterocycles. The highest BCUT2D eigenvalue weighted by molar-refractivity contribution is 6.01. The summed E-state index contributed by atoms with van der Waals surface area (Å²) in [4.78, 5) is 28.6. The molecule has 0 aliphatic heterocycles. The van der Waals surface area contributed by atoms with E-state index in [1.54, 1.807) is 30.2 Å². The van der Waals surface area contributed by atoms with Crippen molar-refractivity contribution in [3.05, 3.63) is 48.4 Å². The molecular formula is C21H26F2N6O3. The number of nitrogens with one attached hydrogen (secondary N) is 1. The molecule has 0 unspecified atom stereocenters. The summed E-state index contributed by atoms with van der Waals surface area (Å²) in [6, 6.07) is 4.04. The molecule has 0 saturated carbocycles. The van der Waals surface area contributed by atoms with Crippen LogP contribution in [0.1, 0.15) is 43.0 Å². The summed E-state index contributed by atoms with van der Waals surface area (Å²) in [5, 5.41) is 2.53. The number of alkyl halides is 2. The van der Waals surface area contributed by atoms with Crippen LogP contribution in [0, 0.1) is 0 Å². The number of aryl methyl sites for hydroxylation is 1. The minimum atomic E-state index is -2.69. The van der Waals surface area contributed by atoms with E-state index in [-0.39, 0.29) is 29.7 Å². The Bertz CT molecular complexity index is 995. The van der Waals surface area contributed by atoms with Crippen molar-refractivity contribution in [3.8, 4) is 17.3 Å². The standard InChI is InChI=1S/C18H18F2N6O3.C3H8/c1-26-10-21-9-14(26)13-7-15(29-6-5-28-2)25-17(24-13)18(27)23-11-3-4-12(16(19)20)22-8-11;1-3-2/h3-4,7-10,16H,5-6H2,1-2H3,(H,23,27);3H2,1-2H3. The van der Waals surface area contributed by atoms with Gasteiger partial charge in [0.25, 0.3) is 12.3 Å². The minimum absolute atomic E-state index is 0.158. The first-order valence-corrected chi connectivity index (χ1v) is 9.92. The van der Waals surface area contributed by atoms with Crippen molar-refractivity contribution in [2.45, 2.75) is 26.7 Å². The van der Waals surface area contributed by atoms with Crippen LogP contribution >= 0.6 is 0 Å². The smallest absolute Gasteiger partial charge is 0.293 e. The average Bonchev–Trinajstić information content (AvgIpc) is 3.20. The number of carbonyl (C=O) groups is 1. The highest BCUT2D eigenvalue weighted by Crippen LogP contribution is 2.21. The maximum Gasteiger partial charge on any atom is 0.293 e. The van der Waals surface area contributed by atoms with Crippen molar-refractivity contribution in [1.29, 1.82) is 0 Å². The first-order valence-electron chi connectivity index (χ1n) is 9.92. The molecule has 0 spiro atoms. The average molecular weight is 448 g/mol. The Morgan fingerprint density at radius 2 is 1.94 bits per heavy atom. The zero-order valence-electron chi connectivity index (χ0n) is 18.4. The second-order valence-electron chi connectivity index (χ2n) is 6.58. The van der Waals surface area contributed by atoms with Gasteiger partial charge in [-0.15, -0.1) is 0 Å². The van der Waals surface area contributed by atoms with Gasteiger partial charge in [-0.3, -0.25) is 9.78 Å². The number of imidazole rings is 1. The van der Waals surface area contributed by atoms with Crippen molar-refractivity contribution >= 4 is 11.6 Å². The molecule has 0 atom stereocenters. The summed E-state index contributed by atoms with van der Waals surface area (Å²) in [7, 11) is 3.32. The third-order valence-corrected chi connectivity index (χ3v) is 3.79. The van der Waals surface area contributed by atoms with E-state index in [0.717, 1.165) is 12.3 Å². The summed E-state index contributed by atoms with van der Waals surface area (Å²) < 4.78 is 37.4. The lowest BCUT2D eigenvalue weighted by molar-refractivity contribution is 0.101. The van der Waals surface area contributed by atoms with Gasteiger partial charge in [0.05, 0.1) is 42.4 Å². The van der Waals surface area contributed by atoms with E-state index in [2.05, 4.69) is 39.1 Å². The number of hydrogen-bond donors (Lipinski definition) is 1. The van der Waals surface area contributed by atoms with Gasteiger partial charge in [0.2, 0.25) is 11.7 Å². The molecule has 172 valence electrons. The van der Waals surface area contributed by atoms with Crippen LogP contribution in [0.3, 0.4) is 0 Å². The lowest BCUT2D eigenvalue weighted by atomic mass is 10.3. The van der Waals surface area contributed by atoms with Crippen LogP contribution in [0.2, 0.25) is 0 Å². The topological polar surface area (TPSA) is 104 Å². The van der Waals surface area contributed by atoms with E-state index in [9.17, 15) is 13.6 Å². The van der Waals surface area contributed by atoms with Crippen molar-refractivity contribution in [3.63, 3.8) is 0 Å². The summed E-state index contributed by atoms with van der Waals surface area (Å²) in [6.07, 6.45) is 2.89. The van der Waals surface area contributed by atoms with E-state index in [0.29, 0.717) is 18.0 Å². The molecule has 9 nitrogen and oxygen atoms in total. The number of pyridine rings is 1. The second-order valence-corrected chi connectivity index (χ2v) is 6.58. The van der Waals surface area contributed by atoms with Gasteiger partial charge in [0.15, 0.2) is 0 Å². The Labute approximate surface area is 184 Å². The maximum atomic E-state index is 12.6. The first-order chi connectivity index (χ1) is 15.4. The van der Waals surface area contributed by atoms with E-state index in [1.165, 1.54) is 19.6 Å². The van der Waals surface area contributed by atoms with Crippen molar-refractivity contribution < 1.29 is 23.0 Å². The predicted octanol–water partition coefficient (Wildman–Crippen LogP) is 3.90. The molecule has 0 fully saturated rings. The van der Waals surface area contributed by atoms with Gasteiger partial charge in [0, 0.05) is 20.2 Å². The van der Waals surface area contributed by atoms with Crippen LogP contribution in [0.5, 0.6) is 5.88 Å². The fourth-order valence-electron chi connectivity index (χ4n) is 2.36. The summed E-state index contributed by atoms with van der Waals surface area (Å²) in [5.74, 6) is -0.615. The molecule has 3 aromatic heterocycles. The molecule has 0 aliphatic carbocycles. The lowest BCUT2D eigenvalue weighted by Gasteiger charge is -2.10. The molecule has 3 rings (SSSR count). The number of anilines is 1. The first kappa shape index (κ1) is 24.8. The number of ether oxygens (including phenoxy) is 2.